The molecule has 0 saturated carbocycles. The van der Waals surface area contributed by atoms with E-state index in [9.17, 15) is 14.4 Å². The van der Waals surface area contributed by atoms with E-state index in [0.29, 0.717) is 5.56 Å². The summed E-state index contributed by atoms with van der Waals surface area (Å²) in [4.78, 5) is 36.5. The first-order valence-electron chi connectivity index (χ1n) is 9.63. The second kappa shape index (κ2) is 11.4. The van der Waals surface area contributed by atoms with Crippen LogP contribution in [0, 0.1) is 11.3 Å². The maximum atomic E-state index is 12.3. The van der Waals surface area contributed by atoms with Crippen molar-refractivity contribution in [3.05, 3.63) is 71.3 Å². The number of nitriles is 1. The van der Waals surface area contributed by atoms with E-state index in [1.807, 2.05) is 43.3 Å². The smallest absolute Gasteiger partial charge is 0.328 e. The van der Waals surface area contributed by atoms with Crippen LogP contribution in [-0.4, -0.2) is 30.9 Å². The van der Waals surface area contributed by atoms with E-state index in [2.05, 4.69) is 10.6 Å². The Hall–Kier alpha value is -3.66. The molecule has 2 atom stereocenters. The molecular weight excluding hydrogens is 382 g/mol. The van der Waals surface area contributed by atoms with Gasteiger partial charge in [0.15, 0.2) is 0 Å². The highest BCUT2D eigenvalue weighted by atomic mass is 16.5. The lowest BCUT2D eigenvalue weighted by molar-refractivity contribution is -0.145. The number of ether oxygens (including phenoxy) is 1. The SMILES string of the molecule is COC(=O)[C@@H](Cc1cccc(C#N)c1)NC(=O)CCC(=O)N[C@H](C)c1ccccc1. The van der Waals surface area contributed by atoms with Crippen LogP contribution >= 0.6 is 0 Å². The molecule has 30 heavy (non-hydrogen) atoms. The van der Waals surface area contributed by atoms with Crippen molar-refractivity contribution in [3.63, 3.8) is 0 Å². The Kier molecular flexibility index (Phi) is 8.57. The van der Waals surface area contributed by atoms with Crippen LogP contribution in [0.2, 0.25) is 0 Å². The largest absolute Gasteiger partial charge is 0.467 e. The Morgan fingerprint density at radius 3 is 2.30 bits per heavy atom. The summed E-state index contributed by atoms with van der Waals surface area (Å²) in [6, 6.07) is 17.3. The Morgan fingerprint density at radius 2 is 1.67 bits per heavy atom. The number of benzene rings is 2. The molecule has 0 aliphatic heterocycles. The molecule has 2 amide bonds. The maximum Gasteiger partial charge on any atom is 0.328 e. The van der Waals surface area contributed by atoms with Crippen LogP contribution < -0.4 is 10.6 Å². The summed E-state index contributed by atoms with van der Waals surface area (Å²) in [5.74, 6) is -1.27. The van der Waals surface area contributed by atoms with Gasteiger partial charge in [-0.25, -0.2) is 4.79 Å². The number of nitrogens with one attached hydrogen (secondary N) is 2. The molecule has 2 aromatic carbocycles. The van der Waals surface area contributed by atoms with Crippen molar-refractivity contribution in [2.75, 3.05) is 7.11 Å². The summed E-state index contributed by atoms with van der Waals surface area (Å²) in [5.41, 5.74) is 2.16. The van der Waals surface area contributed by atoms with Crippen molar-refractivity contribution in [2.45, 2.75) is 38.3 Å². The molecule has 0 bridgehead atoms. The van der Waals surface area contributed by atoms with Crippen LogP contribution in [0.15, 0.2) is 54.6 Å². The molecule has 2 aromatic rings. The molecule has 156 valence electrons. The van der Waals surface area contributed by atoms with Gasteiger partial charge in [0.2, 0.25) is 11.8 Å². The van der Waals surface area contributed by atoms with Crippen LogP contribution in [0.3, 0.4) is 0 Å². The highest BCUT2D eigenvalue weighted by Gasteiger charge is 2.22. The van der Waals surface area contributed by atoms with Gasteiger partial charge in [-0.2, -0.15) is 5.26 Å². The third-order valence-electron chi connectivity index (χ3n) is 4.57. The number of nitrogens with zero attached hydrogens (tertiary/aromatic N) is 1. The summed E-state index contributed by atoms with van der Waals surface area (Å²) in [7, 11) is 1.24. The first-order valence-corrected chi connectivity index (χ1v) is 9.63. The quantitative estimate of drug-likeness (QED) is 0.621. The van der Waals surface area contributed by atoms with Crippen molar-refractivity contribution in [3.8, 4) is 6.07 Å². The first kappa shape index (κ1) is 22.6. The molecule has 0 spiro atoms. The van der Waals surface area contributed by atoms with E-state index >= 15 is 0 Å². The number of esters is 1. The van der Waals surface area contributed by atoms with Gasteiger partial charge in [0.05, 0.1) is 24.8 Å². The molecule has 0 radical (unpaired) electrons. The van der Waals surface area contributed by atoms with Gasteiger partial charge in [-0.05, 0) is 30.2 Å². The summed E-state index contributed by atoms with van der Waals surface area (Å²) in [6.07, 6.45) is 0.130. The van der Waals surface area contributed by atoms with E-state index in [0.717, 1.165) is 11.1 Å². The predicted molar refractivity (Wildman–Crippen MR) is 111 cm³/mol. The highest BCUT2D eigenvalue weighted by Crippen LogP contribution is 2.12. The monoisotopic (exact) mass is 407 g/mol. The maximum absolute atomic E-state index is 12.3. The molecule has 0 saturated heterocycles. The second-order valence-corrected chi connectivity index (χ2v) is 6.86. The standard InChI is InChI=1S/C23H25N3O4/c1-16(19-9-4-3-5-10-19)25-21(27)11-12-22(28)26-20(23(29)30-2)14-17-7-6-8-18(13-17)15-24/h3-10,13,16,20H,11-12,14H2,1-2H3,(H,25,27)(H,26,28)/t16-,20-/m1/s1. The van der Waals surface area contributed by atoms with E-state index in [4.69, 9.17) is 10.00 Å². The molecular formula is C23H25N3O4. The van der Waals surface area contributed by atoms with Crippen molar-refractivity contribution >= 4 is 17.8 Å². The van der Waals surface area contributed by atoms with Crippen LogP contribution in [0.1, 0.15) is 42.5 Å². The zero-order valence-electron chi connectivity index (χ0n) is 17.1. The van der Waals surface area contributed by atoms with Gasteiger partial charge in [-0.1, -0.05) is 42.5 Å². The zero-order valence-corrected chi connectivity index (χ0v) is 17.1. The Balaban J connectivity index is 1.88. The molecule has 2 N–H and O–H groups in total. The molecule has 0 fully saturated rings. The molecule has 7 heteroatoms. The number of amides is 2. The lowest BCUT2D eigenvalue weighted by Gasteiger charge is -2.17. The zero-order chi connectivity index (χ0) is 21.9. The van der Waals surface area contributed by atoms with Gasteiger partial charge in [-0.15, -0.1) is 0 Å². The number of carbonyl (C=O) groups is 3. The fourth-order valence-electron chi connectivity index (χ4n) is 2.97. The third kappa shape index (κ3) is 7.06. The predicted octanol–water partition coefficient (Wildman–Crippen LogP) is 2.42. The van der Waals surface area contributed by atoms with E-state index in [1.165, 1.54) is 7.11 Å². The minimum Gasteiger partial charge on any atom is -0.467 e. The van der Waals surface area contributed by atoms with Gasteiger partial charge >= 0.3 is 5.97 Å². The number of carbonyl (C=O) groups excluding carboxylic acids is 3. The van der Waals surface area contributed by atoms with Gasteiger partial charge < -0.3 is 15.4 Å². The van der Waals surface area contributed by atoms with Crippen LogP contribution in [0.25, 0.3) is 0 Å². The number of methoxy groups -OCH3 is 1. The summed E-state index contributed by atoms with van der Waals surface area (Å²) in [5, 5.41) is 14.5. The lowest BCUT2D eigenvalue weighted by Crippen LogP contribution is -2.43. The molecule has 0 aliphatic rings. The molecule has 7 nitrogen and oxygen atoms in total. The fraction of sp³-hybridized carbons (Fsp3) is 0.304. The first-order chi connectivity index (χ1) is 14.4. The highest BCUT2D eigenvalue weighted by molar-refractivity contribution is 5.87. The van der Waals surface area contributed by atoms with Crippen molar-refractivity contribution in [1.29, 1.82) is 5.26 Å². The number of hydrogen-bond donors (Lipinski definition) is 2. The average molecular weight is 407 g/mol. The van der Waals surface area contributed by atoms with E-state index < -0.39 is 17.9 Å². The Bertz CT molecular complexity index is 922. The number of rotatable bonds is 9. The van der Waals surface area contributed by atoms with Gasteiger partial charge in [-0.3, -0.25) is 9.59 Å². The summed E-state index contributed by atoms with van der Waals surface area (Å²) < 4.78 is 4.77. The third-order valence-corrected chi connectivity index (χ3v) is 4.57. The van der Waals surface area contributed by atoms with Crippen LogP contribution in [0.4, 0.5) is 0 Å². The minimum atomic E-state index is -0.900. The summed E-state index contributed by atoms with van der Waals surface area (Å²) >= 11 is 0. The van der Waals surface area contributed by atoms with E-state index in [1.54, 1.807) is 24.3 Å². The molecule has 2 rings (SSSR count). The van der Waals surface area contributed by atoms with E-state index in [-0.39, 0.29) is 31.2 Å². The number of hydrogen-bond acceptors (Lipinski definition) is 5. The summed E-state index contributed by atoms with van der Waals surface area (Å²) in [6.45, 7) is 1.87. The Labute approximate surface area is 176 Å². The van der Waals surface area contributed by atoms with Crippen molar-refractivity contribution in [2.24, 2.45) is 0 Å². The lowest BCUT2D eigenvalue weighted by atomic mass is 10.0. The second-order valence-electron chi connectivity index (χ2n) is 6.86. The normalized spacial score (nSPS) is 12.2. The minimum absolute atomic E-state index is 0.000811. The van der Waals surface area contributed by atoms with Crippen molar-refractivity contribution < 1.29 is 19.1 Å². The molecule has 0 heterocycles. The fourth-order valence-corrected chi connectivity index (χ4v) is 2.97. The topological polar surface area (TPSA) is 108 Å². The van der Waals surface area contributed by atoms with Gasteiger partial charge in [0, 0.05) is 19.3 Å². The van der Waals surface area contributed by atoms with Gasteiger partial charge in [0.25, 0.3) is 0 Å². The van der Waals surface area contributed by atoms with Gasteiger partial charge in [0.1, 0.15) is 6.04 Å². The average Bonchev–Trinajstić information content (AvgIpc) is 2.77. The molecule has 0 aliphatic carbocycles. The van der Waals surface area contributed by atoms with Crippen molar-refractivity contribution in [1.82, 2.24) is 10.6 Å². The van der Waals surface area contributed by atoms with Crippen LogP contribution in [-0.2, 0) is 25.5 Å². The molecule has 0 aromatic heterocycles. The van der Waals surface area contributed by atoms with Crippen LogP contribution in [0.5, 0.6) is 0 Å². The molecule has 0 unspecified atom stereocenters. The Morgan fingerprint density at radius 1 is 1.00 bits per heavy atom.